The summed E-state index contributed by atoms with van der Waals surface area (Å²) in [5.41, 5.74) is 0.974. The fraction of sp³-hybridized carbons (Fsp3) is 0.815. The number of aliphatic hydroxyl groups excluding tert-OH is 1. The highest BCUT2D eigenvalue weighted by atomic mass is 16.3. The summed E-state index contributed by atoms with van der Waals surface area (Å²) in [7, 11) is 0. The molecule has 11 heteroatoms. The summed E-state index contributed by atoms with van der Waals surface area (Å²) < 4.78 is 1.84. The minimum Gasteiger partial charge on any atom is -0.390 e. The van der Waals surface area contributed by atoms with Gasteiger partial charge in [-0.1, -0.05) is 37.3 Å². The van der Waals surface area contributed by atoms with E-state index in [1.807, 2.05) is 24.7 Å². The van der Waals surface area contributed by atoms with Gasteiger partial charge in [0.2, 0.25) is 17.7 Å². The third-order valence-electron chi connectivity index (χ3n) is 9.01. The Labute approximate surface area is 224 Å². The minimum absolute atomic E-state index is 0.0897. The van der Waals surface area contributed by atoms with E-state index in [0.29, 0.717) is 31.8 Å². The van der Waals surface area contributed by atoms with Gasteiger partial charge in [0.15, 0.2) is 0 Å². The van der Waals surface area contributed by atoms with Crippen LogP contribution in [0.2, 0.25) is 0 Å². The molecule has 5 rings (SSSR count). The molecule has 0 unspecified atom stereocenters. The van der Waals surface area contributed by atoms with Crippen molar-refractivity contribution in [3.05, 3.63) is 11.9 Å². The zero-order valence-electron chi connectivity index (χ0n) is 22.9. The van der Waals surface area contributed by atoms with E-state index in [9.17, 15) is 19.5 Å². The first kappa shape index (κ1) is 27.1. The lowest BCUT2D eigenvalue weighted by molar-refractivity contribution is -0.142. The Balaban J connectivity index is 1.38. The Bertz CT molecular complexity index is 1020. The molecule has 210 valence electrons. The molecule has 3 saturated heterocycles. The summed E-state index contributed by atoms with van der Waals surface area (Å²) in [5.74, 6) is -0.0119. The predicted molar refractivity (Wildman–Crippen MR) is 140 cm³/mol. The number of fused-ring (bicyclic) bond motifs is 3. The summed E-state index contributed by atoms with van der Waals surface area (Å²) in [6.07, 6.45) is 9.07. The number of aliphatic hydroxyl groups is 1. The van der Waals surface area contributed by atoms with Crippen LogP contribution in [0.15, 0.2) is 6.20 Å². The quantitative estimate of drug-likeness (QED) is 0.525. The van der Waals surface area contributed by atoms with Crippen LogP contribution in [0, 0.1) is 5.92 Å². The Morgan fingerprint density at radius 3 is 2.55 bits per heavy atom. The number of nitrogens with one attached hydrogen (secondary N) is 2. The normalized spacial score (nSPS) is 33.9. The topological polar surface area (TPSA) is 133 Å². The highest BCUT2D eigenvalue weighted by Crippen LogP contribution is 2.32. The lowest BCUT2D eigenvalue weighted by atomic mass is 9.86. The Morgan fingerprint density at radius 1 is 1.05 bits per heavy atom. The molecule has 4 aliphatic rings. The molecular formula is C27H43N7O4. The summed E-state index contributed by atoms with van der Waals surface area (Å²) in [4.78, 5) is 43.9. The van der Waals surface area contributed by atoms with Gasteiger partial charge in [-0.05, 0) is 39.5 Å². The van der Waals surface area contributed by atoms with Gasteiger partial charge in [0.1, 0.15) is 6.04 Å². The molecule has 4 heterocycles. The molecule has 0 aromatic carbocycles. The molecule has 4 fully saturated rings. The van der Waals surface area contributed by atoms with Gasteiger partial charge < -0.3 is 20.6 Å². The molecule has 3 aliphatic heterocycles. The van der Waals surface area contributed by atoms with Crippen LogP contribution in [0.5, 0.6) is 0 Å². The molecule has 1 aliphatic carbocycles. The Morgan fingerprint density at radius 2 is 1.82 bits per heavy atom. The van der Waals surface area contributed by atoms with Crippen molar-refractivity contribution in [1.82, 2.24) is 35.4 Å². The van der Waals surface area contributed by atoms with Crippen molar-refractivity contribution in [3.63, 3.8) is 0 Å². The summed E-state index contributed by atoms with van der Waals surface area (Å²) >= 11 is 0. The molecular weight excluding hydrogens is 486 g/mol. The van der Waals surface area contributed by atoms with E-state index in [1.54, 1.807) is 11.8 Å². The van der Waals surface area contributed by atoms with Gasteiger partial charge in [-0.3, -0.25) is 19.3 Å². The van der Waals surface area contributed by atoms with Gasteiger partial charge in [0, 0.05) is 37.8 Å². The summed E-state index contributed by atoms with van der Waals surface area (Å²) in [6.45, 7) is 6.71. The number of likely N-dealkylation sites (tertiary alicyclic amines) is 1. The standard InChI is InChI=1S/C27H43N7O4/c1-16(2)32-13-19-10-23(32)27(38)33-15-21(34-14-20(30-31-34)9-18-7-5-4-6-8-18)11-22(33)26(37)28-17(3)24(35)12-25(36)29-19/h14,16-19,21-24,35H,4-13,15H2,1-3H3,(H,28,37)(H,29,36)/t17-,19-,21-,22-,23-,24-/m0/s1. The van der Waals surface area contributed by atoms with Crippen LogP contribution in [-0.4, -0.2) is 97.0 Å². The monoisotopic (exact) mass is 529 g/mol. The van der Waals surface area contributed by atoms with Crippen molar-refractivity contribution in [2.24, 2.45) is 5.92 Å². The molecule has 6 atom stereocenters. The van der Waals surface area contributed by atoms with Crippen molar-refractivity contribution in [2.45, 2.75) is 121 Å². The van der Waals surface area contributed by atoms with Crippen LogP contribution in [0.4, 0.5) is 0 Å². The van der Waals surface area contributed by atoms with E-state index in [-0.39, 0.29) is 42.3 Å². The molecule has 0 spiro atoms. The maximum absolute atomic E-state index is 14.0. The number of amides is 3. The van der Waals surface area contributed by atoms with E-state index in [4.69, 9.17) is 0 Å². The van der Waals surface area contributed by atoms with E-state index in [2.05, 4.69) is 25.8 Å². The highest BCUT2D eigenvalue weighted by molar-refractivity contribution is 5.91. The molecule has 0 radical (unpaired) electrons. The first-order chi connectivity index (χ1) is 18.2. The predicted octanol–water partition coefficient (Wildman–Crippen LogP) is 0.780. The van der Waals surface area contributed by atoms with Gasteiger partial charge in [0.05, 0.1) is 36.3 Å². The SMILES string of the molecule is CC(C)N1C[C@@H]2C[C@H]1C(=O)N1C[C@@H](n3cc(CC4CCCCC4)nn3)C[C@H]1C(=O)N[C@@H](C)[C@@H](O)CC(=O)N2. The molecule has 3 amide bonds. The molecule has 2 bridgehead atoms. The van der Waals surface area contributed by atoms with Crippen LogP contribution in [0.25, 0.3) is 0 Å². The maximum atomic E-state index is 14.0. The molecule has 3 N–H and O–H groups in total. The number of aromatic nitrogens is 3. The number of carbonyl (C=O) groups excluding carboxylic acids is 3. The van der Waals surface area contributed by atoms with Crippen LogP contribution in [0.1, 0.15) is 83.9 Å². The van der Waals surface area contributed by atoms with Crippen molar-refractivity contribution in [3.8, 4) is 0 Å². The van der Waals surface area contributed by atoms with Crippen LogP contribution >= 0.6 is 0 Å². The fourth-order valence-corrected chi connectivity index (χ4v) is 6.81. The largest absolute Gasteiger partial charge is 0.390 e. The average Bonchev–Trinajstić information content (AvgIpc) is 3.62. The first-order valence-corrected chi connectivity index (χ1v) is 14.4. The van der Waals surface area contributed by atoms with Crippen molar-refractivity contribution in [2.75, 3.05) is 13.1 Å². The fourth-order valence-electron chi connectivity index (χ4n) is 6.81. The Kier molecular flexibility index (Phi) is 8.04. The third kappa shape index (κ3) is 5.73. The lowest BCUT2D eigenvalue weighted by Gasteiger charge is -2.33. The maximum Gasteiger partial charge on any atom is 0.243 e. The molecule has 1 aromatic heterocycles. The molecule has 11 nitrogen and oxygen atoms in total. The van der Waals surface area contributed by atoms with Gasteiger partial charge in [0.25, 0.3) is 0 Å². The van der Waals surface area contributed by atoms with E-state index in [1.165, 1.54) is 32.1 Å². The second-order valence-corrected chi connectivity index (χ2v) is 12.2. The van der Waals surface area contributed by atoms with E-state index < -0.39 is 24.2 Å². The number of hydrogen-bond acceptors (Lipinski definition) is 7. The summed E-state index contributed by atoms with van der Waals surface area (Å²) in [6, 6.07) is -1.95. The molecule has 38 heavy (non-hydrogen) atoms. The van der Waals surface area contributed by atoms with Crippen molar-refractivity contribution in [1.29, 1.82) is 0 Å². The zero-order chi connectivity index (χ0) is 27.0. The Hall–Kier alpha value is -2.53. The van der Waals surface area contributed by atoms with Crippen LogP contribution in [0.3, 0.4) is 0 Å². The molecule has 1 aromatic rings. The van der Waals surface area contributed by atoms with E-state index in [0.717, 1.165) is 12.1 Å². The smallest absolute Gasteiger partial charge is 0.243 e. The van der Waals surface area contributed by atoms with Gasteiger partial charge >= 0.3 is 0 Å². The van der Waals surface area contributed by atoms with Gasteiger partial charge in [-0.15, -0.1) is 5.10 Å². The number of nitrogens with zero attached hydrogens (tertiary/aromatic N) is 5. The second kappa shape index (κ2) is 11.3. The second-order valence-electron chi connectivity index (χ2n) is 12.2. The van der Waals surface area contributed by atoms with Crippen LogP contribution in [-0.2, 0) is 20.8 Å². The zero-order valence-corrected chi connectivity index (χ0v) is 22.9. The van der Waals surface area contributed by atoms with Crippen molar-refractivity contribution < 1.29 is 19.5 Å². The molecule has 1 saturated carbocycles. The number of rotatable bonds is 4. The highest BCUT2D eigenvalue weighted by Gasteiger charge is 2.47. The minimum atomic E-state index is -1.02. The van der Waals surface area contributed by atoms with E-state index >= 15 is 0 Å². The average molecular weight is 530 g/mol. The van der Waals surface area contributed by atoms with Crippen molar-refractivity contribution >= 4 is 17.7 Å². The van der Waals surface area contributed by atoms with Gasteiger partial charge in [-0.2, -0.15) is 0 Å². The number of hydrogen-bond donors (Lipinski definition) is 3. The number of carbonyl (C=O) groups is 3. The first-order valence-electron chi connectivity index (χ1n) is 14.4. The van der Waals surface area contributed by atoms with Gasteiger partial charge in [-0.25, -0.2) is 4.68 Å². The lowest BCUT2D eigenvalue weighted by Crippen LogP contribution is -2.55. The summed E-state index contributed by atoms with van der Waals surface area (Å²) in [5, 5.41) is 25.3. The third-order valence-corrected chi connectivity index (χ3v) is 9.01. The van der Waals surface area contributed by atoms with Crippen LogP contribution < -0.4 is 10.6 Å².